The highest BCUT2D eigenvalue weighted by molar-refractivity contribution is 5.74. The molecule has 1 unspecified atom stereocenters. The zero-order valence-corrected chi connectivity index (χ0v) is 10.9. The van der Waals surface area contributed by atoms with Gasteiger partial charge < -0.3 is 15.7 Å². The Labute approximate surface area is 98.8 Å². The van der Waals surface area contributed by atoms with Crippen LogP contribution in [0.5, 0.6) is 0 Å². The Morgan fingerprint density at radius 3 is 2.00 bits per heavy atom. The molecule has 96 valence electrons. The lowest BCUT2D eigenvalue weighted by Gasteiger charge is -2.21. The molecule has 0 rings (SSSR count). The molecule has 0 aliphatic rings. The second-order valence-corrected chi connectivity index (χ2v) is 4.64. The number of nitrogens with one attached hydrogen (secondary N) is 2. The number of rotatable bonds is 7. The Hall–Kier alpha value is -0.770. The average molecular weight is 230 g/mol. The number of aliphatic hydroxyl groups excluding tert-OH is 1. The Balaban J connectivity index is 3.99. The van der Waals surface area contributed by atoms with Gasteiger partial charge in [0.2, 0.25) is 0 Å². The Kier molecular flexibility index (Phi) is 7.99. The van der Waals surface area contributed by atoms with Crippen molar-refractivity contribution >= 4 is 6.03 Å². The molecule has 0 fully saturated rings. The van der Waals surface area contributed by atoms with Crippen LogP contribution in [0, 0.1) is 5.92 Å². The third-order valence-electron chi connectivity index (χ3n) is 2.63. The summed E-state index contributed by atoms with van der Waals surface area (Å²) < 4.78 is 0. The van der Waals surface area contributed by atoms with Gasteiger partial charge in [-0.05, 0) is 25.2 Å². The number of carbonyl (C=O) groups excluding carboxylic acids is 1. The van der Waals surface area contributed by atoms with Crippen LogP contribution in [0.2, 0.25) is 0 Å². The Bertz CT molecular complexity index is 191. The molecule has 0 bridgehead atoms. The van der Waals surface area contributed by atoms with Gasteiger partial charge >= 0.3 is 6.03 Å². The molecule has 0 saturated heterocycles. The molecule has 16 heavy (non-hydrogen) atoms. The fraction of sp³-hybridized carbons (Fsp3) is 0.917. The lowest BCUT2D eigenvalue weighted by atomic mass is 10.0. The Morgan fingerprint density at radius 1 is 1.12 bits per heavy atom. The van der Waals surface area contributed by atoms with Crippen molar-refractivity contribution in [1.29, 1.82) is 0 Å². The molecule has 0 saturated carbocycles. The fourth-order valence-corrected chi connectivity index (χ4v) is 1.65. The smallest absolute Gasteiger partial charge is 0.315 e. The maximum absolute atomic E-state index is 11.6. The summed E-state index contributed by atoms with van der Waals surface area (Å²) in [6, 6.07) is -0.0962. The first-order chi connectivity index (χ1) is 7.53. The number of amides is 2. The van der Waals surface area contributed by atoms with Gasteiger partial charge in [0.05, 0.1) is 12.6 Å². The monoisotopic (exact) mass is 230 g/mol. The first-order valence-electron chi connectivity index (χ1n) is 6.21. The van der Waals surface area contributed by atoms with Gasteiger partial charge in [-0.15, -0.1) is 0 Å². The maximum Gasteiger partial charge on any atom is 0.315 e. The van der Waals surface area contributed by atoms with Gasteiger partial charge in [0.15, 0.2) is 0 Å². The van der Waals surface area contributed by atoms with E-state index in [1.165, 1.54) is 0 Å². The summed E-state index contributed by atoms with van der Waals surface area (Å²) in [7, 11) is 0. The highest BCUT2D eigenvalue weighted by Crippen LogP contribution is 2.04. The zero-order chi connectivity index (χ0) is 12.6. The molecule has 0 aliphatic carbocycles. The van der Waals surface area contributed by atoms with Crippen LogP contribution >= 0.6 is 0 Å². The predicted molar refractivity (Wildman–Crippen MR) is 66.4 cm³/mol. The molecule has 0 aromatic heterocycles. The van der Waals surface area contributed by atoms with Crippen molar-refractivity contribution < 1.29 is 9.90 Å². The highest BCUT2D eigenvalue weighted by Gasteiger charge is 2.14. The van der Waals surface area contributed by atoms with Gasteiger partial charge in [-0.25, -0.2) is 4.79 Å². The fourth-order valence-electron chi connectivity index (χ4n) is 1.65. The van der Waals surface area contributed by atoms with Crippen LogP contribution in [0.25, 0.3) is 0 Å². The van der Waals surface area contributed by atoms with Crippen LogP contribution in [0.4, 0.5) is 4.79 Å². The highest BCUT2D eigenvalue weighted by atomic mass is 16.3. The van der Waals surface area contributed by atoms with E-state index in [-0.39, 0.29) is 24.7 Å². The lowest BCUT2D eigenvalue weighted by molar-refractivity contribution is 0.204. The molecule has 0 spiro atoms. The molecule has 0 aliphatic heterocycles. The molecule has 0 aromatic rings. The second kappa shape index (κ2) is 8.39. The van der Waals surface area contributed by atoms with E-state index in [2.05, 4.69) is 24.5 Å². The number of hydrogen-bond donors (Lipinski definition) is 3. The minimum Gasteiger partial charge on any atom is -0.394 e. The van der Waals surface area contributed by atoms with Gasteiger partial charge in [-0.1, -0.05) is 27.7 Å². The summed E-state index contributed by atoms with van der Waals surface area (Å²) >= 11 is 0. The Morgan fingerprint density at radius 2 is 1.62 bits per heavy atom. The second-order valence-electron chi connectivity index (χ2n) is 4.64. The van der Waals surface area contributed by atoms with Crippen molar-refractivity contribution in [3.8, 4) is 0 Å². The molecule has 0 aromatic carbocycles. The first-order valence-corrected chi connectivity index (χ1v) is 6.21. The first kappa shape index (κ1) is 15.2. The van der Waals surface area contributed by atoms with Gasteiger partial charge in [0, 0.05) is 6.04 Å². The largest absolute Gasteiger partial charge is 0.394 e. The van der Waals surface area contributed by atoms with Crippen LogP contribution in [0.3, 0.4) is 0 Å². The van der Waals surface area contributed by atoms with E-state index in [0.717, 1.165) is 19.3 Å². The van der Waals surface area contributed by atoms with E-state index in [1.807, 2.05) is 13.8 Å². The molecule has 3 N–H and O–H groups in total. The molecule has 4 heteroatoms. The SMILES string of the molecule is CCC(CC)NC(=O)NC(CO)CC(C)C. The molecule has 2 amide bonds. The minimum absolute atomic E-state index is 0.00544. The summed E-state index contributed by atoms with van der Waals surface area (Å²) in [6.45, 7) is 8.24. The van der Waals surface area contributed by atoms with E-state index in [4.69, 9.17) is 5.11 Å². The van der Waals surface area contributed by atoms with Crippen molar-refractivity contribution in [1.82, 2.24) is 10.6 Å². The van der Waals surface area contributed by atoms with Crippen LogP contribution in [-0.2, 0) is 0 Å². The molecular formula is C12H26N2O2. The van der Waals surface area contributed by atoms with E-state index in [9.17, 15) is 4.79 Å². The van der Waals surface area contributed by atoms with Gasteiger partial charge in [-0.3, -0.25) is 0 Å². The predicted octanol–water partition coefficient (Wildman–Crippen LogP) is 1.88. The molecular weight excluding hydrogens is 204 g/mol. The van der Waals surface area contributed by atoms with Crippen LogP contribution < -0.4 is 10.6 Å². The third-order valence-corrected chi connectivity index (χ3v) is 2.63. The van der Waals surface area contributed by atoms with Crippen molar-refractivity contribution in [3.63, 3.8) is 0 Å². The van der Waals surface area contributed by atoms with Crippen molar-refractivity contribution in [2.75, 3.05) is 6.61 Å². The van der Waals surface area contributed by atoms with E-state index >= 15 is 0 Å². The van der Waals surface area contributed by atoms with Crippen LogP contribution in [0.15, 0.2) is 0 Å². The summed E-state index contributed by atoms with van der Waals surface area (Å²) in [5.41, 5.74) is 0. The van der Waals surface area contributed by atoms with E-state index in [0.29, 0.717) is 5.92 Å². The third kappa shape index (κ3) is 6.67. The molecule has 0 radical (unpaired) electrons. The maximum atomic E-state index is 11.6. The van der Waals surface area contributed by atoms with Crippen molar-refractivity contribution in [2.45, 2.75) is 59.0 Å². The van der Waals surface area contributed by atoms with Gasteiger partial charge in [-0.2, -0.15) is 0 Å². The number of aliphatic hydroxyl groups is 1. The standard InChI is InChI=1S/C12H26N2O2/c1-5-10(6-2)13-12(16)14-11(8-15)7-9(3)4/h9-11,15H,5-8H2,1-4H3,(H2,13,14,16). The summed E-state index contributed by atoms with van der Waals surface area (Å²) in [5.74, 6) is 0.464. The molecule has 0 heterocycles. The van der Waals surface area contributed by atoms with Gasteiger partial charge in [0.25, 0.3) is 0 Å². The number of hydrogen-bond acceptors (Lipinski definition) is 2. The minimum atomic E-state index is -0.173. The molecule has 4 nitrogen and oxygen atoms in total. The van der Waals surface area contributed by atoms with E-state index in [1.54, 1.807) is 0 Å². The lowest BCUT2D eigenvalue weighted by Crippen LogP contribution is -2.47. The van der Waals surface area contributed by atoms with Crippen molar-refractivity contribution in [2.24, 2.45) is 5.92 Å². The molecule has 1 atom stereocenters. The zero-order valence-electron chi connectivity index (χ0n) is 10.9. The number of carbonyl (C=O) groups is 1. The summed E-state index contributed by atoms with van der Waals surface area (Å²) in [4.78, 5) is 11.6. The quantitative estimate of drug-likeness (QED) is 0.625. The van der Waals surface area contributed by atoms with Gasteiger partial charge in [0.1, 0.15) is 0 Å². The van der Waals surface area contributed by atoms with E-state index < -0.39 is 0 Å². The van der Waals surface area contributed by atoms with Crippen LogP contribution in [-0.4, -0.2) is 29.8 Å². The average Bonchev–Trinajstić information content (AvgIpc) is 2.24. The topological polar surface area (TPSA) is 61.4 Å². The normalized spacial score (nSPS) is 12.9. The summed E-state index contributed by atoms with van der Waals surface area (Å²) in [5, 5.41) is 14.8. The summed E-state index contributed by atoms with van der Waals surface area (Å²) in [6.07, 6.45) is 2.66. The van der Waals surface area contributed by atoms with Crippen molar-refractivity contribution in [3.05, 3.63) is 0 Å². The number of urea groups is 1. The van der Waals surface area contributed by atoms with Crippen LogP contribution in [0.1, 0.15) is 47.0 Å².